The van der Waals surface area contributed by atoms with Gasteiger partial charge in [-0.15, -0.1) is 0 Å². The van der Waals surface area contributed by atoms with Crippen LogP contribution in [0, 0.1) is 0 Å². The van der Waals surface area contributed by atoms with E-state index in [0.717, 1.165) is 55.7 Å². The summed E-state index contributed by atoms with van der Waals surface area (Å²) in [5.74, 6) is 0. The van der Waals surface area contributed by atoms with Crippen molar-refractivity contribution in [3.63, 3.8) is 0 Å². The van der Waals surface area contributed by atoms with E-state index in [1.165, 1.54) is 38.6 Å². The number of benzene rings is 9. The Hall–Kier alpha value is -7.16. The van der Waals surface area contributed by atoms with Crippen LogP contribution in [0.15, 0.2) is 217 Å². The molecule has 9 aromatic carbocycles. The Morgan fingerprint density at radius 3 is 1.69 bits per heavy atom. The third kappa shape index (κ3) is 5.44. The molecule has 1 heterocycles. The Labute approximate surface area is 314 Å². The number of anilines is 3. The normalized spacial score (nSPS) is 11.3. The predicted molar refractivity (Wildman–Crippen MR) is 228 cm³/mol. The lowest BCUT2D eigenvalue weighted by Gasteiger charge is -2.29. The number of hydrogen-bond acceptors (Lipinski definition) is 2. The minimum Gasteiger partial charge on any atom is -0.454 e. The number of furan rings is 1. The van der Waals surface area contributed by atoms with E-state index in [1.54, 1.807) is 0 Å². The molecule has 0 N–H and O–H groups in total. The fourth-order valence-corrected chi connectivity index (χ4v) is 8.02. The molecule has 10 rings (SSSR count). The molecule has 0 bridgehead atoms. The molecule has 0 spiro atoms. The standard InChI is InChI=1S/C52H35NO/c1-4-17-36(18-5-1)41-34-32-40(35-47(41)37-19-6-2-7-20-37)53(49-29-16-27-46-44-26-13-15-30-50(44)54-52(46)49)48-28-14-12-25-43(48)45-33-31-38-21-10-11-24-42(38)51(45)39-22-8-3-9-23-39/h1-35H. The molecule has 254 valence electrons. The quantitative estimate of drug-likeness (QED) is 0.166. The van der Waals surface area contributed by atoms with Gasteiger partial charge in [0.05, 0.1) is 11.4 Å². The minimum absolute atomic E-state index is 0.851. The third-order valence-corrected chi connectivity index (χ3v) is 10.5. The fourth-order valence-electron chi connectivity index (χ4n) is 8.02. The largest absolute Gasteiger partial charge is 0.454 e. The van der Waals surface area contributed by atoms with Gasteiger partial charge in [-0.05, 0) is 80.0 Å². The Morgan fingerprint density at radius 1 is 0.333 bits per heavy atom. The Kier molecular flexibility index (Phi) is 7.85. The van der Waals surface area contributed by atoms with Crippen molar-refractivity contribution in [2.45, 2.75) is 0 Å². The van der Waals surface area contributed by atoms with Crippen molar-refractivity contribution in [2.24, 2.45) is 0 Å². The molecule has 0 fully saturated rings. The first kappa shape index (κ1) is 31.6. The first-order chi connectivity index (χ1) is 26.8. The van der Waals surface area contributed by atoms with Gasteiger partial charge in [0.15, 0.2) is 5.58 Å². The fraction of sp³-hybridized carbons (Fsp3) is 0. The van der Waals surface area contributed by atoms with E-state index in [-0.39, 0.29) is 0 Å². The number of rotatable bonds is 7. The van der Waals surface area contributed by atoms with Crippen LogP contribution in [-0.4, -0.2) is 0 Å². The van der Waals surface area contributed by atoms with E-state index in [1.807, 2.05) is 6.07 Å². The number of fused-ring (bicyclic) bond motifs is 4. The van der Waals surface area contributed by atoms with Crippen molar-refractivity contribution in [3.05, 3.63) is 212 Å². The van der Waals surface area contributed by atoms with Crippen molar-refractivity contribution in [1.29, 1.82) is 0 Å². The smallest absolute Gasteiger partial charge is 0.159 e. The van der Waals surface area contributed by atoms with Crippen LogP contribution >= 0.6 is 0 Å². The van der Waals surface area contributed by atoms with Crippen LogP contribution in [0.3, 0.4) is 0 Å². The van der Waals surface area contributed by atoms with E-state index in [4.69, 9.17) is 4.42 Å². The van der Waals surface area contributed by atoms with E-state index >= 15 is 0 Å². The van der Waals surface area contributed by atoms with Gasteiger partial charge < -0.3 is 9.32 Å². The lowest BCUT2D eigenvalue weighted by atomic mass is 9.88. The summed E-state index contributed by atoms with van der Waals surface area (Å²) in [7, 11) is 0. The molecule has 1 aromatic heterocycles. The van der Waals surface area contributed by atoms with Gasteiger partial charge in [0.2, 0.25) is 0 Å². The number of nitrogens with zero attached hydrogens (tertiary/aromatic N) is 1. The Bertz CT molecular complexity index is 2930. The van der Waals surface area contributed by atoms with E-state index in [0.29, 0.717) is 0 Å². The summed E-state index contributed by atoms with van der Waals surface area (Å²) in [6.07, 6.45) is 0. The topological polar surface area (TPSA) is 16.4 Å². The number of para-hydroxylation sites is 3. The molecule has 0 saturated carbocycles. The second-order valence-corrected chi connectivity index (χ2v) is 13.6. The highest BCUT2D eigenvalue weighted by atomic mass is 16.3. The summed E-state index contributed by atoms with van der Waals surface area (Å²) in [6, 6.07) is 75.9. The highest BCUT2D eigenvalue weighted by molar-refractivity contribution is 6.12. The summed E-state index contributed by atoms with van der Waals surface area (Å²) in [6.45, 7) is 0. The summed E-state index contributed by atoms with van der Waals surface area (Å²) in [5, 5.41) is 4.63. The van der Waals surface area contributed by atoms with Crippen LogP contribution < -0.4 is 4.90 Å². The minimum atomic E-state index is 0.851. The van der Waals surface area contributed by atoms with Crippen molar-refractivity contribution in [1.82, 2.24) is 0 Å². The summed E-state index contributed by atoms with van der Waals surface area (Å²) >= 11 is 0. The molecule has 0 aliphatic rings. The Balaban J connectivity index is 1.28. The zero-order valence-corrected chi connectivity index (χ0v) is 29.6. The highest BCUT2D eigenvalue weighted by Gasteiger charge is 2.24. The maximum absolute atomic E-state index is 6.77. The number of hydrogen-bond donors (Lipinski definition) is 0. The van der Waals surface area contributed by atoms with Gasteiger partial charge in [0.1, 0.15) is 5.58 Å². The maximum Gasteiger partial charge on any atom is 0.159 e. The summed E-state index contributed by atoms with van der Waals surface area (Å²) in [4.78, 5) is 2.39. The molecular formula is C52H35NO. The first-order valence-electron chi connectivity index (χ1n) is 18.4. The van der Waals surface area contributed by atoms with E-state index in [2.05, 4.69) is 211 Å². The van der Waals surface area contributed by atoms with Crippen molar-refractivity contribution in [3.8, 4) is 44.5 Å². The molecule has 0 aliphatic carbocycles. The van der Waals surface area contributed by atoms with Crippen LogP contribution in [0.25, 0.3) is 77.2 Å². The SMILES string of the molecule is c1ccc(-c2ccc(N(c3ccccc3-c3ccc4ccccc4c3-c3ccccc3)c3cccc4c3oc3ccccc34)cc2-c2ccccc2)cc1. The van der Waals surface area contributed by atoms with Crippen molar-refractivity contribution >= 4 is 49.8 Å². The second-order valence-electron chi connectivity index (χ2n) is 13.6. The second kappa shape index (κ2) is 13.4. The molecule has 2 heteroatoms. The van der Waals surface area contributed by atoms with Gasteiger partial charge in [0.25, 0.3) is 0 Å². The average molecular weight is 690 g/mol. The lowest BCUT2D eigenvalue weighted by molar-refractivity contribution is 0.669. The molecule has 2 nitrogen and oxygen atoms in total. The van der Waals surface area contributed by atoms with E-state index < -0.39 is 0 Å². The molecule has 0 amide bonds. The molecule has 0 atom stereocenters. The highest BCUT2D eigenvalue weighted by Crippen LogP contribution is 2.49. The van der Waals surface area contributed by atoms with Gasteiger partial charge in [-0.25, -0.2) is 0 Å². The van der Waals surface area contributed by atoms with Crippen LogP contribution in [-0.2, 0) is 0 Å². The molecule has 0 radical (unpaired) electrons. The molecule has 0 unspecified atom stereocenters. The lowest BCUT2D eigenvalue weighted by Crippen LogP contribution is -2.12. The third-order valence-electron chi connectivity index (χ3n) is 10.5. The van der Waals surface area contributed by atoms with Gasteiger partial charge in [0, 0.05) is 22.0 Å². The van der Waals surface area contributed by atoms with Crippen molar-refractivity contribution < 1.29 is 4.42 Å². The van der Waals surface area contributed by atoms with Crippen LogP contribution in [0.1, 0.15) is 0 Å². The molecule has 10 aromatic rings. The van der Waals surface area contributed by atoms with Gasteiger partial charge >= 0.3 is 0 Å². The molecular weight excluding hydrogens is 655 g/mol. The van der Waals surface area contributed by atoms with E-state index in [9.17, 15) is 0 Å². The summed E-state index contributed by atoms with van der Waals surface area (Å²) in [5.41, 5.74) is 14.2. The summed E-state index contributed by atoms with van der Waals surface area (Å²) < 4.78 is 6.77. The molecule has 0 aliphatic heterocycles. The predicted octanol–water partition coefficient (Wildman–Crippen LogP) is 14.9. The Morgan fingerprint density at radius 2 is 0.907 bits per heavy atom. The molecule has 54 heavy (non-hydrogen) atoms. The van der Waals surface area contributed by atoms with Gasteiger partial charge in [-0.1, -0.05) is 182 Å². The zero-order chi connectivity index (χ0) is 35.8. The van der Waals surface area contributed by atoms with Crippen LogP contribution in [0.2, 0.25) is 0 Å². The zero-order valence-electron chi connectivity index (χ0n) is 29.6. The van der Waals surface area contributed by atoms with Crippen LogP contribution in [0.4, 0.5) is 17.1 Å². The average Bonchev–Trinajstić information content (AvgIpc) is 3.64. The monoisotopic (exact) mass is 689 g/mol. The van der Waals surface area contributed by atoms with Gasteiger partial charge in [-0.2, -0.15) is 0 Å². The first-order valence-corrected chi connectivity index (χ1v) is 18.4. The molecule has 0 saturated heterocycles. The van der Waals surface area contributed by atoms with Crippen LogP contribution in [0.5, 0.6) is 0 Å². The van der Waals surface area contributed by atoms with Gasteiger partial charge in [-0.3, -0.25) is 0 Å². The van der Waals surface area contributed by atoms with Crippen molar-refractivity contribution in [2.75, 3.05) is 4.90 Å². The maximum atomic E-state index is 6.77.